The lowest BCUT2D eigenvalue weighted by Crippen LogP contribution is -2.36. The monoisotopic (exact) mass is 250 g/mol. The van der Waals surface area contributed by atoms with Crippen molar-refractivity contribution in [1.29, 1.82) is 0 Å². The summed E-state index contributed by atoms with van der Waals surface area (Å²) in [4.78, 5) is 11.7. The predicted molar refractivity (Wildman–Crippen MR) is 69.3 cm³/mol. The minimum absolute atomic E-state index is 0.0509. The van der Waals surface area contributed by atoms with Gasteiger partial charge in [-0.15, -0.1) is 0 Å². The molecule has 98 valence electrons. The molecular weight excluding hydrogens is 232 g/mol. The summed E-state index contributed by atoms with van der Waals surface area (Å²) < 4.78 is 10.6. The quantitative estimate of drug-likeness (QED) is 0.841. The molecule has 1 atom stereocenters. The van der Waals surface area contributed by atoms with Crippen molar-refractivity contribution >= 4 is 11.6 Å². The second-order valence-electron chi connectivity index (χ2n) is 4.26. The third-order valence-corrected chi connectivity index (χ3v) is 3.22. The molecule has 1 amide bonds. The van der Waals surface area contributed by atoms with Crippen LogP contribution < -0.4 is 20.1 Å². The third-order valence-electron chi connectivity index (χ3n) is 3.22. The maximum absolute atomic E-state index is 11.7. The molecule has 0 bridgehead atoms. The van der Waals surface area contributed by atoms with Crippen LogP contribution >= 0.6 is 0 Å². The highest BCUT2D eigenvalue weighted by Crippen LogP contribution is 2.37. The zero-order valence-electron chi connectivity index (χ0n) is 10.9. The number of methoxy groups -OCH3 is 2. The maximum Gasteiger partial charge on any atom is 0.224 e. The number of fused-ring (bicyclic) bond motifs is 1. The largest absolute Gasteiger partial charge is 0.497 e. The van der Waals surface area contributed by atoms with Crippen molar-refractivity contribution in [2.75, 3.05) is 33.1 Å². The number of amides is 1. The van der Waals surface area contributed by atoms with Gasteiger partial charge in [-0.3, -0.25) is 4.79 Å². The molecule has 1 heterocycles. The Labute approximate surface area is 106 Å². The normalized spacial score (nSPS) is 17.4. The van der Waals surface area contributed by atoms with Gasteiger partial charge < -0.3 is 20.1 Å². The number of carbonyl (C=O) groups excluding carboxylic acids is 1. The third kappa shape index (κ3) is 2.20. The lowest BCUT2D eigenvalue weighted by molar-refractivity contribution is -0.124. The first-order valence-electron chi connectivity index (χ1n) is 5.90. The van der Waals surface area contributed by atoms with Crippen molar-refractivity contribution in [2.24, 2.45) is 5.92 Å². The van der Waals surface area contributed by atoms with E-state index in [1.54, 1.807) is 21.3 Å². The topological polar surface area (TPSA) is 59.6 Å². The van der Waals surface area contributed by atoms with Crippen LogP contribution in [-0.2, 0) is 11.2 Å². The smallest absolute Gasteiger partial charge is 0.224 e. The Balaban J connectivity index is 2.33. The number of nitrogens with one attached hydrogen (secondary N) is 2. The number of hydrogen-bond acceptors (Lipinski definition) is 4. The van der Waals surface area contributed by atoms with E-state index in [1.807, 2.05) is 12.1 Å². The van der Waals surface area contributed by atoms with Gasteiger partial charge in [-0.1, -0.05) is 0 Å². The molecule has 0 aliphatic carbocycles. The van der Waals surface area contributed by atoms with Gasteiger partial charge in [-0.2, -0.15) is 0 Å². The fourth-order valence-corrected chi connectivity index (χ4v) is 2.24. The van der Waals surface area contributed by atoms with Crippen LogP contribution in [0, 0.1) is 5.92 Å². The minimum Gasteiger partial charge on any atom is -0.497 e. The minimum atomic E-state index is -0.0562. The number of anilines is 1. The van der Waals surface area contributed by atoms with Crippen LogP contribution in [-0.4, -0.2) is 33.7 Å². The van der Waals surface area contributed by atoms with Crippen LogP contribution in [0.4, 0.5) is 5.69 Å². The van der Waals surface area contributed by atoms with Crippen LogP contribution in [0.5, 0.6) is 11.5 Å². The molecule has 18 heavy (non-hydrogen) atoms. The Morgan fingerprint density at radius 1 is 1.39 bits per heavy atom. The molecule has 0 saturated heterocycles. The molecule has 0 aromatic heterocycles. The Bertz CT molecular complexity index is 460. The number of rotatable bonds is 3. The molecule has 1 aromatic carbocycles. The maximum atomic E-state index is 11.7. The van der Waals surface area contributed by atoms with Gasteiger partial charge in [0.05, 0.1) is 25.8 Å². The highest BCUT2D eigenvalue weighted by molar-refractivity contribution is 5.81. The molecule has 1 unspecified atom stereocenters. The molecule has 0 saturated carbocycles. The summed E-state index contributed by atoms with van der Waals surface area (Å²) in [5, 5.41) is 5.94. The Hall–Kier alpha value is -1.91. The van der Waals surface area contributed by atoms with Crippen LogP contribution in [0.15, 0.2) is 12.1 Å². The standard InChI is InChI=1S/C13H18N2O3/c1-14-13(16)9-4-8-5-10(17-2)6-11(18-3)12(8)15-7-9/h5-6,9,15H,4,7H2,1-3H3,(H,14,16). The van der Waals surface area contributed by atoms with E-state index >= 15 is 0 Å². The van der Waals surface area contributed by atoms with Crippen molar-refractivity contribution < 1.29 is 14.3 Å². The summed E-state index contributed by atoms with van der Waals surface area (Å²) in [5.41, 5.74) is 2.00. The summed E-state index contributed by atoms with van der Waals surface area (Å²) in [7, 11) is 4.90. The van der Waals surface area contributed by atoms with Crippen molar-refractivity contribution in [3.63, 3.8) is 0 Å². The van der Waals surface area contributed by atoms with E-state index in [2.05, 4.69) is 10.6 Å². The van der Waals surface area contributed by atoms with Crippen molar-refractivity contribution in [2.45, 2.75) is 6.42 Å². The SMILES string of the molecule is CNC(=O)C1CNc2c(cc(OC)cc2OC)C1. The molecule has 5 heteroatoms. The first-order chi connectivity index (χ1) is 8.69. The van der Waals surface area contributed by atoms with E-state index in [4.69, 9.17) is 9.47 Å². The number of hydrogen-bond donors (Lipinski definition) is 2. The molecule has 0 fully saturated rings. The van der Waals surface area contributed by atoms with Crippen LogP contribution in [0.1, 0.15) is 5.56 Å². The van der Waals surface area contributed by atoms with E-state index in [9.17, 15) is 4.79 Å². The Morgan fingerprint density at radius 2 is 2.17 bits per heavy atom. The van der Waals surface area contributed by atoms with Crippen molar-refractivity contribution in [1.82, 2.24) is 5.32 Å². The molecule has 1 aliphatic rings. The average Bonchev–Trinajstić information content (AvgIpc) is 2.44. The number of benzene rings is 1. The summed E-state index contributed by atoms with van der Waals surface area (Å²) in [6, 6.07) is 3.78. The van der Waals surface area contributed by atoms with Crippen LogP contribution in [0.2, 0.25) is 0 Å². The van der Waals surface area contributed by atoms with Gasteiger partial charge in [0.2, 0.25) is 5.91 Å². The van der Waals surface area contributed by atoms with Gasteiger partial charge in [0.25, 0.3) is 0 Å². The zero-order chi connectivity index (χ0) is 13.1. The molecular formula is C13H18N2O3. The van der Waals surface area contributed by atoms with Crippen molar-refractivity contribution in [3.05, 3.63) is 17.7 Å². The molecule has 5 nitrogen and oxygen atoms in total. The average molecular weight is 250 g/mol. The summed E-state index contributed by atoms with van der Waals surface area (Å²) in [6.07, 6.45) is 0.690. The van der Waals surface area contributed by atoms with E-state index < -0.39 is 0 Å². The lowest BCUT2D eigenvalue weighted by atomic mass is 9.92. The lowest BCUT2D eigenvalue weighted by Gasteiger charge is -2.26. The summed E-state index contributed by atoms with van der Waals surface area (Å²) in [6.45, 7) is 0.620. The van der Waals surface area contributed by atoms with E-state index in [1.165, 1.54) is 0 Å². The van der Waals surface area contributed by atoms with Gasteiger partial charge in [-0.05, 0) is 18.1 Å². The molecule has 2 rings (SSSR count). The zero-order valence-corrected chi connectivity index (χ0v) is 10.9. The highest BCUT2D eigenvalue weighted by atomic mass is 16.5. The van der Waals surface area contributed by atoms with Crippen LogP contribution in [0.25, 0.3) is 0 Å². The first kappa shape index (κ1) is 12.5. The molecule has 0 spiro atoms. The van der Waals surface area contributed by atoms with Crippen LogP contribution in [0.3, 0.4) is 0 Å². The Kier molecular flexibility index (Phi) is 3.60. The van der Waals surface area contributed by atoms with Gasteiger partial charge in [0, 0.05) is 19.7 Å². The second kappa shape index (κ2) is 5.16. The molecule has 0 radical (unpaired) electrons. The second-order valence-corrected chi connectivity index (χ2v) is 4.26. The van der Waals surface area contributed by atoms with E-state index in [-0.39, 0.29) is 11.8 Å². The molecule has 1 aromatic rings. The Morgan fingerprint density at radius 3 is 2.78 bits per heavy atom. The van der Waals surface area contributed by atoms with E-state index in [0.717, 1.165) is 22.7 Å². The number of ether oxygens (including phenoxy) is 2. The summed E-state index contributed by atoms with van der Waals surface area (Å²) in [5.74, 6) is 1.49. The summed E-state index contributed by atoms with van der Waals surface area (Å²) >= 11 is 0. The number of carbonyl (C=O) groups is 1. The fraction of sp³-hybridized carbons (Fsp3) is 0.462. The van der Waals surface area contributed by atoms with Gasteiger partial charge in [-0.25, -0.2) is 0 Å². The molecule has 2 N–H and O–H groups in total. The highest BCUT2D eigenvalue weighted by Gasteiger charge is 2.26. The van der Waals surface area contributed by atoms with Crippen molar-refractivity contribution in [3.8, 4) is 11.5 Å². The predicted octanol–water partition coefficient (Wildman–Crippen LogP) is 1.03. The first-order valence-corrected chi connectivity index (χ1v) is 5.90. The van der Waals surface area contributed by atoms with Gasteiger partial charge in [0.15, 0.2) is 0 Å². The van der Waals surface area contributed by atoms with Gasteiger partial charge in [0.1, 0.15) is 11.5 Å². The van der Waals surface area contributed by atoms with E-state index in [0.29, 0.717) is 13.0 Å². The molecule has 1 aliphatic heterocycles. The fourth-order valence-electron chi connectivity index (χ4n) is 2.24. The van der Waals surface area contributed by atoms with Gasteiger partial charge >= 0.3 is 0 Å².